The summed E-state index contributed by atoms with van der Waals surface area (Å²) in [6.07, 6.45) is 7.99. The van der Waals surface area contributed by atoms with Crippen molar-refractivity contribution in [3.05, 3.63) is 47.9 Å². The van der Waals surface area contributed by atoms with E-state index in [2.05, 4.69) is 31.2 Å². The van der Waals surface area contributed by atoms with Gasteiger partial charge in [-0.1, -0.05) is 24.6 Å². The number of nitrogens with two attached hydrogens (primary N) is 1. The van der Waals surface area contributed by atoms with Gasteiger partial charge in [-0.15, -0.1) is 6.42 Å². The zero-order chi connectivity index (χ0) is 25.0. The first-order valence-electron chi connectivity index (χ1n) is 10.8. The van der Waals surface area contributed by atoms with Crippen LogP contribution in [0.1, 0.15) is 19.4 Å². The van der Waals surface area contributed by atoms with Crippen molar-refractivity contribution in [2.45, 2.75) is 24.1 Å². The summed E-state index contributed by atoms with van der Waals surface area (Å²) in [7, 11) is 0. The maximum atomic E-state index is 15.1. The number of anilines is 2. The lowest BCUT2D eigenvalue weighted by molar-refractivity contribution is 0.353. The second-order valence-electron chi connectivity index (χ2n) is 8.75. The van der Waals surface area contributed by atoms with Crippen LogP contribution in [0.5, 0.6) is 5.75 Å². The van der Waals surface area contributed by atoms with Crippen LogP contribution in [0.2, 0.25) is 0 Å². The molecule has 0 radical (unpaired) electrons. The number of benzene rings is 1. The number of nitrogens with one attached hydrogen (secondary N) is 1. The van der Waals surface area contributed by atoms with Crippen LogP contribution in [0.3, 0.4) is 0 Å². The molecule has 35 heavy (non-hydrogen) atoms. The van der Waals surface area contributed by atoms with E-state index < -0.39 is 28.6 Å². The number of thioether (sulfide) groups is 1. The van der Waals surface area contributed by atoms with E-state index in [0.717, 1.165) is 6.07 Å². The highest BCUT2D eigenvalue weighted by atomic mass is 32.2. The molecule has 3 N–H and O–H groups in total. The minimum atomic E-state index is -1.24. The molecule has 3 heterocycles. The average molecular weight is 499 g/mol. The van der Waals surface area contributed by atoms with Crippen molar-refractivity contribution in [1.82, 2.24) is 15.0 Å². The summed E-state index contributed by atoms with van der Waals surface area (Å²) in [4.78, 5) is 17.2. The lowest BCUT2D eigenvalue weighted by Crippen LogP contribution is -2.37. The molecule has 2 aromatic heterocycles. The van der Waals surface area contributed by atoms with Crippen molar-refractivity contribution >= 4 is 39.5 Å². The van der Waals surface area contributed by atoms with Crippen molar-refractivity contribution in [2.75, 3.05) is 18.6 Å². The number of fused-ring (bicyclic) bond motifs is 2. The van der Waals surface area contributed by atoms with E-state index in [1.54, 1.807) is 13.0 Å². The van der Waals surface area contributed by atoms with Crippen molar-refractivity contribution in [3.8, 4) is 18.1 Å². The Morgan fingerprint density at radius 3 is 2.80 bits per heavy atom. The van der Waals surface area contributed by atoms with Gasteiger partial charge < -0.3 is 15.8 Å². The Hall–Kier alpha value is -3.52. The highest BCUT2D eigenvalue weighted by Gasteiger charge is 2.72. The first-order valence-corrected chi connectivity index (χ1v) is 11.6. The van der Waals surface area contributed by atoms with Gasteiger partial charge in [0.1, 0.15) is 30.9 Å². The molecular weight excluding hydrogens is 477 g/mol. The molecule has 180 valence electrons. The largest absolute Gasteiger partial charge is 0.479 e. The van der Waals surface area contributed by atoms with Crippen LogP contribution in [-0.4, -0.2) is 38.1 Å². The molecule has 0 bridgehead atoms. The standard InChI is InChI=1S/C24H21F3N6OS/c1-4-5-34-14-8-17-19(29-9-14)21(31-11-30-17)32-13-6-15(18(27)16(26)7-13)23(3)20-12(2)24(20,10-25)35-22(28)33-23/h1,6-9,11-12,20H,5,10H2,2-3H3,(H2,28,33)(H,30,31,32)/t12-,20-,23+,24-/m0/s1. The topological polar surface area (TPSA) is 98.3 Å². The number of pyridine rings is 1. The van der Waals surface area contributed by atoms with Crippen LogP contribution in [0.4, 0.5) is 24.7 Å². The van der Waals surface area contributed by atoms with Crippen LogP contribution < -0.4 is 15.8 Å². The first-order chi connectivity index (χ1) is 16.7. The molecule has 1 aliphatic carbocycles. The number of hydrogen-bond donors (Lipinski definition) is 2. The van der Waals surface area contributed by atoms with E-state index in [9.17, 15) is 8.78 Å². The average Bonchev–Trinajstić information content (AvgIpc) is 3.44. The lowest BCUT2D eigenvalue weighted by atomic mass is 9.84. The third kappa shape index (κ3) is 3.63. The van der Waals surface area contributed by atoms with Crippen LogP contribution in [0.25, 0.3) is 11.0 Å². The predicted octanol–water partition coefficient (Wildman–Crippen LogP) is 4.31. The van der Waals surface area contributed by atoms with Gasteiger partial charge in [-0.3, -0.25) is 4.99 Å². The Kier molecular flexibility index (Phi) is 5.51. The Morgan fingerprint density at radius 1 is 1.26 bits per heavy atom. The zero-order valence-corrected chi connectivity index (χ0v) is 19.7. The van der Waals surface area contributed by atoms with Gasteiger partial charge in [-0.25, -0.2) is 28.1 Å². The van der Waals surface area contributed by atoms with E-state index in [1.165, 1.54) is 30.4 Å². The Morgan fingerprint density at radius 2 is 2.06 bits per heavy atom. The zero-order valence-electron chi connectivity index (χ0n) is 18.8. The summed E-state index contributed by atoms with van der Waals surface area (Å²) in [5.74, 6) is 0.499. The van der Waals surface area contributed by atoms with E-state index in [4.69, 9.17) is 16.9 Å². The van der Waals surface area contributed by atoms with Gasteiger partial charge in [0.05, 0.1) is 22.0 Å². The summed E-state index contributed by atoms with van der Waals surface area (Å²) in [5.41, 5.74) is 5.84. The summed E-state index contributed by atoms with van der Waals surface area (Å²) >= 11 is 1.17. The number of halogens is 3. The van der Waals surface area contributed by atoms with Crippen LogP contribution >= 0.6 is 11.8 Å². The molecule has 2 aliphatic rings. The molecule has 4 atom stereocenters. The Bertz CT molecular complexity index is 1410. The maximum absolute atomic E-state index is 15.1. The second-order valence-corrected chi connectivity index (χ2v) is 10.1. The Balaban J connectivity index is 1.54. The number of aliphatic imine (C=N–C) groups is 1. The van der Waals surface area contributed by atoms with Crippen LogP contribution in [0.15, 0.2) is 35.7 Å². The van der Waals surface area contributed by atoms with Crippen LogP contribution in [0, 0.1) is 35.8 Å². The number of rotatable bonds is 6. The smallest absolute Gasteiger partial charge is 0.164 e. The number of hydrogen-bond acceptors (Lipinski definition) is 8. The van der Waals surface area contributed by atoms with Gasteiger partial charge in [0.15, 0.2) is 22.6 Å². The molecule has 0 amide bonds. The molecule has 0 spiro atoms. The summed E-state index contributed by atoms with van der Waals surface area (Å²) in [5, 5.41) is 3.15. The minimum Gasteiger partial charge on any atom is -0.479 e. The van der Waals surface area contributed by atoms with E-state index >= 15 is 4.39 Å². The van der Waals surface area contributed by atoms with Gasteiger partial charge >= 0.3 is 0 Å². The van der Waals surface area contributed by atoms with Crippen molar-refractivity contribution < 1.29 is 17.9 Å². The minimum absolute atomic E-state index is 0.00767. The summed E-state index contributed by atoms with van der Waals surface area (Å²) in [6, 6.07) is 4.12. The van der Waals surface area contributed by atoms with Gasteiger partial charge in [-0.2, -0.15) is 0 Å². The molecule has 1 aliphatic heterocycles. The Labute approximate surface area is 203 Å². The molecule has 1 aromatic carbocycles. The quantitative estimate of drug-likeness (QED) is 0.489. The molecule has 0 unspecified atom stereocenters. The van der Waals surface area contributed by atoms with Crippen molar-refractivity contribution in [3.63, 3.8) is 0 Å². The van der Waals surface area contributed by atoms with E-state index in [-0.39, 0.29) is 40.7 Å². The third-order valence-corrected chi connectivity index (χ3v) is 8.16. The van der Waals surface area contributed by atoms with Crippen molar-refractivity contribution in [2.24, 2.45) is 22.6 Å². The SMILES string of the molecule is C#CCOc1cnc2c(Nc3cc(F)c(F)c([C@@]4(C)N=C(N)S[C@]5(CF)[C@H]4[C@@H]5C)c3)ncnc2c1. The van der Waals surface area contributed by atoms with E-state index in [0.29, 0.717) is 16.8 Å². The number of terminal acetylenes is 1. The third-order valence-electron chi connectivity index (χ3n) is 6.75. The number of aromatic nitrogens is 3. The fraction of sp³-hybridized carbons (Fsp3) is 0.333. The fourth-order valence-corrected chi connectivity index (χ4v) is 6.58. The maximum Gasteiger partial charge on any atom is 0.164 e. The van der Waals surface area contributed by atoms with Gasteiger partial charge in [-0.05, 0) is 18.9 Å². The molecule has 1 fully saturated rings. The molecule has 5 rings (SSSR count). The van der Waals surface area contributed by atoms with E-state index in [1.807, 2.05) is 6.92 Å². The predicted molar refractivity (Wildman–Crippen MR) is 129 cm³/mol. The molecule has 11 heteroatoms. The summed E-state index contributed by atoms with van der Waals surface area (Å²) in [6.45, 7) is 2.98. The van der Waals surface area contributed by atoms with Gasteiger partial charge in [0.25, 0.3) is 0 Å². The molecule has 1 saturated carbocycles. The second kappa shape index (κ2) is 8.30. The molecule has 3 aromatic rings. The first kappa shape index (κ1) is 23.2. The number of nitrogens with zero attached hydrogens (tertiary/aromatic N) is 4. The fourth-order valence-electron chi connectivity index (χ4n) is 5.08. The highest BCUT2D eigenvalue weighted by Crippen LogP contribution is 2.69. The lowest BCUT2D eigenvalue weighted by Gasteiger charge is -2.33. The number of ether oxygens (including phenoxy) is 1. The number of alkyl halides is 1. The molecular formula is C24H21F3N6OS. The molecule has 7 nitrogen and oxygen atoms in total. The van der Waals surface area contributed by atoms with Crippen molar-refractivity contribution in [1.29, 1.82) is 0 Å². The van der Waals surface area contributed by atoms with Gasteiger partial charge in [0.2, 0.25) is 0 Å². The molecule has 0 saturated heterocycles. The van der Waals surface area contributed by atoms with Crippen LogP contribution in [-0.2, 0) is 5.54 Å². The monoisotopic (exact) mass is 498 g/mol. The normalized spacial score (nSPS) is 27.0. The summed E-state index contributed by atoms with van der Waals surface area (Å²) < 4.78 is 48.6. The highest BCUT2D eigenvalue weighted by molar-refractivity contribution is 8.15. The van der Waals surface area contributed by atoms with Gasteiger partial charge in [0, 0.05) is 29.3 Å². The number of amidine groups is 1.